The molecule has 6 nitrogen and oxygen atoms in total. The first-order valence-electron chi connectivity index (χ1n) is 9.83. The number of fused-ring (bicyclic) bond motifs is 4. The zero-order chi connectivity index (χ0) is 20.2. The van der Waals surface area contributed by atoms with Gasteiger partial charge in [0.2, 0.25) is 5.91 Å². The van der Waals surface area contributed by atoms with E-state index in [1.54, 1.807) is 42.5 Å². The van der Waals surface area contributed by atoms with Crippen LogP contribution in [-0.2, 0) is 16.0 Å². The average Bonchev–Trinajstić information content (AvgIpc) is 2.73. The molecule has 3 heterocycles. The van der Waals surface area contributed by atoms with E-state index >= 15 is 0 Å². The number of halogens is 1. The molecule has 5 rings (SSSR count). The van der Waals surface area contributed by atoms with Gasteiger partial charge in [-0.05, 0) is 49.4 Å². The summed E-state index contributed by atoms with van der Waals surface area (Å²) in [5.41, 5.74) is 0.0418. The highest BCUT2D eigenvalue weighted by Gasteiger charge is 2.62. The van der Waals surface area contributed by atoms with Gasteiger partial charge in [0.05, 0.1) is 17.4 Å². The van der Waals surface area contributed by atoms with Crippen LogP contribution < -0.4 is 15.1 Å². The van der Waals surface area contributed by atoms with Crippen molar-refractivity contribution in [2.24, 2.45) is 5.41 Å². The number of nitrogens with one attached hydrogen (secondary N) is 1. The topological polar surface area (TPSA) is 69.7 Å². The number of carbonyl (C=O) groups excluding carboxylic acids is 3. The lowest BCUT2D eigenvalue weighted by atomic mass is 9.66. The average molecular weight is 393 g/mol. The largest absolute Gasteiger partial charge is 0.364 e. The Balaban J connectivity index is 1.69. The van der Waals surface area contributed by atoms with E-state index in [0.717, 1.165) is 17.7 Å². The molecule has 2 fully saturated rings. The van der Waals surface area contributed by atoms with E-state index in [-0.39, 0.29) is 12.2 Å². The molecule has 4 amide bonds. The van der Waals surface area contributed by atoms with Gasteiger partial charge in [-0.2, -0.15) is 0 Å². The van der Waals surface area contributed by atoms with Gasteiger partial charge in [0.15, 0.2) is 5.41 Å². The first-order chi connectivity index (χ1) is 14.0. The highest BCUT2D eigenvalue weighted by atomic mass is 19.1. The van der Waals surface area contributed by atoms with Gasteiger partial charge in [0.25, 0.3) is 5.91 Å². The predicted molar refractivity (Wildman–Crippen MR) is 105 cm³/mol. The highest BCUT2D eigenvalue weighted by molar-refractivity contribution is 6.30. The molecule has 1 N–H and O–H groups in total. The van der Waals surface area contributed by atoms with Gasteiger partial charge < -0.3 is 4.90 Å². The Morgan fingerprint density at radius 1 is 1.00 bits per heavy atom. The number of hydrogen-bond acceptors (Lipinski definition) is 4. The van der Waals surface area contributed by atoms with Crippen LogP contribution in [0.5, 0.6) is 0 Å². The summed E-state index contributed by atoms with van der Waals surface area (Å²) >= 11 is 0. The maximum atomic E-state index is 14.7. The van der Waals surface area contributed by atoms with Crippen molar-refractivity contribution in [3.63, 3.8) is 0 Å². The van der Waals surface area contributed by atoms with E-state index in [2.05, 4.69) is 5.32 Å². The molecule has 0 bridgehead atoms. The third-order valence-electron chi connectivity index (χ3n) is 6.33. The van der Waals surface area contributed by atoms with Crippen molar-refractivity contribution >= 4 is 29.2 Å². The number of amides is 4. The number of benzene rings is 2. The minimum atomic E-state index is -1.47. The Labute approximate surface area is 167 Å². The monoisotopic (exact) mass is 393 g/mol. The van der Waals surface area contributed by atoms with E-state index in [0.29, 0.717) is 29.9 Å². The molecule has 0 radical (unpaired) electrons. The number of piperidine rings is 1. The van der Waals surface area contributed by atoms with Crippen LogP contribution in [0.1, 0.15) is 24.8 Å². The molecular formula is C22H20FN3O3. The van der Waals surface area contributed by atoms with Gasteiger partial charge in [-0.25, -0.2) is 14.1 Å². The first-order valence-corrected chi connectivity index (χ1v) is 9.83. The SMILES string of the molecule is O=C1NC(=O)[C@@]2(Cc3cccc(F)c3N3CCCC[C@H]32)C(=O)N1c1ccccc1. The lowest BCUT2D eigenvalue weighted by molar-refractivity contribution is -0.145. The maximum absolute atomic E-state index is 14.7. The van der Waals surface area contributed by atoms with Crippen molar-refractivity contribution < 1.29 is 18.8 Å². The number of urea groups is 1. The van der Waals surface area contributed by atoms with Crippen molar-refractivity contribution in [2.75, 3.05) is 16.3 Å². The summed E-state index contributed by atoms with van der Waals surface area (Å²) < 4.78 is 14.7. The lowest BCUT2D eigenvalue weighted by Crippen LogP contribution is -2.73. The molecule has 2 atom stereocenters. The normalized spacial score (nSPS) is 26.2. The standard InChI is InChI=1S/C22H20FN3O3/c23-16-10-6-7-14-13-22(17-11-4-5-12-25(17)18(14)16)19(27)24-21(29)26(20(22)28)15-8-2-1-3-9-15/h1-3,6-10,17H,4-5,11-13H2,(H,24,27,29)/t17-,22-/m0/s1. The number of carbonyl (C=O) groups is 3. The fraction of sp³-hybridized carbons (Fsp3) is 0.318. The van der Waals surface area contributed by atoms with Gasteiger partial charge in [-0.3, -0.25) is 14.9 Å². The van der Waals surface area contributed by atoms with E-state index < -0.39 is 29.3 Å². The van der Waals surface area contributed by atoms with E-state index in [4.69, 9.17) is 0 Å². The summed E-state index contributed by atoms with van der Waals surface area (Å²) in [6, 6.07) is 12.1. The van der Waals surface area contributed by atoms with Crippen LogP contribution in [0.3, 0.4) is 0 Å². The molecule has 2 aromatic carbocycles. The Bertz CT molecular complexity index is 1030. The molecule has 2 saturated heterocycles. The number of para-hydroxylation sites is 2. The molecule has 0 saturated carbocycles. The number of nitrogens with zero attached hydrogens (tertiary/aromatic N) is 2. The smallest absolute Gasteiger partial charge is 0.335 e. The maximum Gasteiger partial charge on any atom is 0.335 e. The van der Waals surface area contributed by atoms with Crippen molar-refractivity contribution in [3.05, 3.63) is 59.9 Å². The molecule has 3 aliphatic heterocycles. The molecule has 148 valence electrons. The summed E-state index contributed by atoms with van der Waals surface area (Å²) in [4.78, 5) is 42.5. The molecule has 0 aliphatic carbocycles. The summed E-state index contributed by atoms with van der Waals surface area (Å²) in [5, 5.41) is 2.40. The molecule has 0 unspecified atom stereocenters. The summed E-state index contributed by atoms with van der Waals surface area (Å²) in [7, 11) is 0. The third kappa shape index (κ3) is 2.43. The Kier molecular flexibility index (Phi) is 3.94. The van der Waals surface area contributed by atoms with E-state index in [1.165, 1.54) is 6.07 Å². The lowest BCUT2D eigenvalue weighted by Gasteiger charge is -2.53. The minimum absolute atomic E-state index is 0.0720. The van der Waals surface area contributed by atoms with Crippen LogP contribution in [0.25, 0.3) is 0 Å². The van der Waals surface area contributed by atoms with Gasteiger partial charge >= 0.3 is 6.03 Å². The second-order valence-corrected chi connectivity index (χ2v) is 7.84. The second-order valence-electron chi connectivity index (χ2n) is 7.84. The van der Waals surface area contributed by atoms with E-state index in [9.17, 15) is 18.8 Å². The second kappa shape index (κ2) is 6.40. The zero-order valence-corrected chi connectivity index (χ0v) is 15.7. The Morgan fingerprint density at radius 2 is 1.79 bits per heavy atom. The van der Waals surface area contributed by atoms with Crippen molar-refractivity contribution in [1.82, 2.24) is 5.32 Å². The molecular weight excluding hydrogens is 373 g/mol. The predicted octanol–water partition coefficient (Wildman–Crippen LogP) is 3.01. The molecule has 1 spiro atoms. The Morgan fingerprint density at radius 3 is 2.59 bits per heavy atom. The number of hydrogen-bond donors (Lipinski definition) is 1. The van der Waals surface area contributed by atoms with Crippen molar-refractivity contribution in [1.29, 1.82) is 0 Å². The van der Waals surface area contributed by atoms with Crippen LogP contribution in [0.4, 0.5) is 20.6 Å². The van der Waals surface area contributed by atoms with E-state index in [1.807, 2.05) is 4.90 Å². The minimum Gasteiger partial charge on any atom is -0.364 e. The van der Waals surface area contributed by atoms with Crippen molar-refractivity contribution in [3.8, 4) is 0 Å². The Hall–Kier alpha value is -3.22. The quantitative estimate of drug-likeness (QED) is 0.757. The first kappa shape index (κ1) is 17.8. The number of barbiturate groups is 1. The molecule has 7 heteroatoms. The van der Waals surface area contributed by atoms with Crippen LogP contribution in [0.2, 0.25) is 0 Å². The fourth-order valence-corrected chi connectivity index (χ4v) is 5.07. The number of rotatable bonds is 1. The van der Waals surface area contributed by atoms with Gasteiger partial charge in [0.1, 0.15) is 5.82 Å². The third-order valence-corrected chi connectivity index (χ3v) is 6.33. The fourth-order valence-electron chi connectivity index (χ4n) is 5.07. The van der Waals surface area contributed by atoms with Gasteiger partial charge in [0, 0.05) is 6.54 Å². The van der Waals surface area contributed by atoms with Gasteiger partial charge in [-0.1, -0.05) is 30.3 Å². The van der Waals surface area contributed by atoms with Crippen LogP contribution in [-0.4, -0.2) is 30.4 Å². The van der Waals surface area contributed by atoms with Gasteiger partial charge in [-0.15, -0.1) is 0 Å². The zero-order valence-electron chi connectivity index (χ0n) is 15.7. The molecule has 29 heavy (non-hydrogen) atoms. The van der Waals surface area contributed by atoms with Crippen LogP contribution in [0.15, 0.2) is 48.5 Å². The summed E-state index contributed by atoms with van der Waals surface area (Å²) in [5.74, 6) is -1.47. The number of imide groups is 2. The molecule has 3 aliphatic rings. The van der Waals surface area contributed by atoms with Crippen LogP contribution >= 0.6 is 0 Å². The molecule has 2 aromatic rings. The van der Waals surface area contributed by atoms with Crippen molar-refractivity contribution in [2.45, 2.75) is 31.7 Å². The number of anilines is 2. The van der Waals surface area contributed by atoms with Crippen LogP contribution in [0, 0.1) is 11.2 Å². The summed E-state index contributed by atoms with van der Waals surface area (Å²) in [6.07, 6.45) is 2.36. The summed E-state index contributed by atoms with van der Waals surface area (Å²) in [6.45, 7) is 0.570. The highest BCUT2D eigenvalue weighted by Crippen LogP contribution is 2.48. The molecule has 0 aromatic heterocycles.